The molecule has 0 heterocycles. The minimum absolute atomic E-state index is 0.0370. The summed E-state index contributed by atoms with van der Waals surface area (Å²) in [7, 11) is -3.20. The van der Waals surface area contributed by atoms with E-state index in [0.717, 1.165) is 0 Å². The molecule has 0 aliphatic carbocycles. The second kappa shape index (κ2) is 7.42. The van der Waals surface area contributed by atoms with Gasteiger partial charge in [-0.15, -0.1) is 0 Å². The Morgan fingerprint density at radius 1 is 1.33 bits per heavy atom. The lowest BCUT2D eigenvalue weighted by molar-refractivity contribution is 0.177. The Kier molecular flexibility index (Phi) is 7.49. The molecule has 0 saturated carbocycles. The van der Waals surface area contributed by atoms with Crippen LogP contribution >= 0.6 is 19.3 Å². The van der Waals surface area contributed by atoms with Crippen LogP contribution < -0.4 is 0 Å². The SMILES string of the molecule is C=C(Cl)COP(=O)(OCC)N(CC)CC. The van der Waals surface area contributed by atoms with Gasteiger partial charge in [0.1, 0.15) is 0 Å². The van der Waals surface area contributed by atoms with Crippen molar-refractivity contribution in [1.82, 2.24) is 4.67 Å². The maximum Gasteiger partial charge on any atom is 0.408 e. The Balaban J connectivity index is 4.56. The molecule has 0 fully saturated rings. The normalized spacial score (nSPS) is 15.3. The van der Waals surface area contributed by atoms with Gasteiger partial charge in [-0.2, -0.15) is 0 Å². The fraction of sp³-hybridized carbons (Fsp3) is 0.778. The van der Waals surface area contributed by atoms with Crippen molar-refractivity contribution in [2.75, 3.05) is 26.3 Å². The average Bonchev–Trinajstić information content (AvgIpc) is 2.17. The highest BCUT2D eigenvalue weighted by Crippen LogP contribution is 2.51. The van der Waals surface area contributed by atoms with Gasteiger partial charge in [0.05, 0.1) is 13.2 Å². The first-order valence-electron chi connectivity index (χ1n) is 4.97. The van der Waals surface area contributed by atoms with E-state index in [4.69, 9.17) is 20.6 Å². The summed E-state index contributed by atoms with van der Waals surface area (Å²) >= 11 is 5.56. The fourth-order valence-corrected chi connectivity index (χ4v) is 2.96. The topological polar surface area (TPSA) is 38.8 Å². The van der Waals surface area contributed by atoms with E-state index in [9.17, 15) is 4.57 Å². The largest absolute Gasteiger partial charge is 0.408 e. The molecule has 0 spiro atoms. The summed E-state index contributed by atoms with van der Waals surface area (Å²) in [6.45, 7) is 10.6. The van der Waals surface area contributed by atoms with Gasteiger partial charge in [0, 0.05) is 18.1 Å². The summed E-state index contributed by atoms with van der Waals surface area (Å²) in [4.78, 5) is 0. The van der Waals surface area contributed by atoms with Gasteiger partial charge >= 0.3 is 7.75 Å². The molecule has 0 aliphatic heterocycles. The van der Waals surface area contributed by atoms with Crippen molar-refractivity contribution in [1.29, 1.82) is 0 Å². The molecule has 0 amide bonds. The molecule has 0 radical (unpaired) electrons. The maximum absolute atomic E-state index is 12.3. The summed E-state index contributed by atoms with van der Waals surface area (Å²) in [6.07, 6.45) is 0. The van der Waals surface area contributed by atoms with Crippen molar-refractivity contribution in [2.24, 2.45) is 0 Å². The van der Waals surface area contributed by atoms with Crippen molar-refractivity contribution < 1.29 is 13.6 Å². The van der Waals surface area contributed by atoms with E-state index >= 15 is 0 Å². The summed E-state index contributed by atoms with van der Waals surface area (Å²) in [5.41, 5.74) is 0. The third-order valence-electron chi connectivity index (χ3n) is 1.75. The van der Waals surface area contributed by atoms with Crippen LogP contribution in [0.15, 0.2) is 11.6 Å². The molecule has 1 atom stereocenters. The maximum atomic E-state index is 12.3. The summed E-state index contributed by atoms with van der Waals surface area (Å²) in [6, 6.07) is 0. The highest BCUT2D eigenvalue weighted by Gasteiger charge is 2.31. The molecule has 15 heavy (non-hydrogen) atoms. The Labute approximate surface area is 96.8 Å². The number of halogens is 1. The highest BCUT2D eigenvalue weighted by molar-refractivity contribution is 7.51. The van der Waals surface area contributed by atoms with Crippen LogP contribution in [0.3, 0.4) is 0 Å². The lowest BCUT2D eigenvalue weighted by Crippen LogP contribution is -2.22. The van der Waals surface area contributed by atoms with Gasteiger partial charge in [-0.05, 0) is 6.92 Å². The van der Waals surface area contributed by atoms with Crippen LogP contribution in [0, 0.1) is 0 Å². The van der Waals surface area contributed by atoms with Crippen molar-refractivity contribution in [3.05, 3.63) is 11.6 Å². The molecular formula is C9H19ClNO3P. The molecular weight excluding hydrogens is 237 g/mol. The van der Waals surface area contributed by atoms with E-state index in [1.165, 1.54) is 0 Å². The van der Waals surface area contributed by atoms with E-state index in [1.54, 1.807) is 11.6 Å². The Bertz CT molecular complexity index is 244. The molecule has 0 aromatic heterocycles. The standard InChI is InChI=1S/C9H19ClNO3P/c1-5-11(6-2)15(12,13-7-3)14-8-9(4)10/h4-8H2,1-3H3. The molecule has 4 nitrogen and oxygen atoms in total. The van der Waals surface area contributed by atoms with Gasteiger partial charge in [0.25, 0.3) is 0 Å². The smallest absolute Gasteiger partial charge is 0.297 e. The van der Waals surface area contributed by atoms with Crippen molar-refractivity contribution >= 4 is 19.3 Å². The fourth-order valence-electron chi connectivity index (χ4n) is 1.09. The Hall–Kier alpha value is 0.140. The zero-order chi connectivity index (χ0) is 11.9. The predicted molar refractivity (Wildman–Crippen MR) is 63.1 cm³/mol. The highest BCUT2D eigenvalue weighted by atomic mass is 35.5. The zero-order valence-electron chi connectivity index (χ0n) is 9.53. The third kappa shape index (κ3) is 5.14. The first kappa shape index (κ1) is 15.1. The Morgan fingerprint density at radius 2 is 1.87 bits per heavy atom. The molecule has 6 heteroatoms. The molecule has 0 aliphatic rings. The van der Waals surface area contributed by atoms with Crippen LogP contribution in [0.2, 0.25) is 0 Å². The molecule has 0 N–H and O–H groups in total. The van der Waals surface area contributed by atoms with E-state index in [0.29, 0.717) is 24.7 Å². The van der Waals surface area contributed by atoms with Gasteiger partial charge in [0.2, 0.25) is 0 Å². The van der Waals surface area contributed by atoms with Crippen LogP contribution in [-0.2, 0) is 13.6 Å². The molecule has 0 aromatic carbocycles. The van der Waals surface area contributed by atoms with Crippen LogP contribution in [0.4, 0.5) is 0 Å². The lowest BCUT2D eigenvalue weighted by atomic mass is 10.7. The van der Waals surface area contributed by atoms with Crippen LogP contribution in [-0.4, -0.2) is 31.0 Å². The van der Waals surface area contributed by atoms with Gasteiger partial charge < -0.3 is 0 Å². The predicted octanol–water partition coefficient (Wildman–Crippen LogP) is 3.24. The number of hydrogen-bond donors (Lipinski definition) is 0. The minimum atomic E-state index is -3.20. The summed E-state index contributed by atoms with van der Waals surface area (Å²) in [5, 5.41) is 0.307. The number of rotatable bonds is 8. The lowest BCUT2D eigenvalue weighted by Gasteiger charge is -2.27. The molecule has 0 aromatic rings. The van der Waals surface area contributed by atoms with Crippen molar-refractivity contribution in [3.8, 4) is 0 Å². The summed E-state index contributed by atoms with van der Waals surface area (Å²) < 4.78 is 24.3. The number of hydrogen-bond acceptors (Lipinski definition) is 3. The number of nitrogens with zero attached hydrogens (tertiary/aromatic N) is 1. The van der Waals surface area contributed by atoms with Crippen molar-refractivity contribution in [3.63, 3.8) is 0 Å². The van der Waals surface area contributed by atoms with Crippen LogP contribution in [0.5, 0.6) is 0 Å². The van der Waals surface area contributed by atoms with E-state index in [2.05, 4.69) is 6.58 Å². The van der Waals surface area contributed by atoms with E-state index in [-0.39, 0.29) is 6.61 Å². The monoisotopic (exact) mass is 255 g/mol. The van der Waals surface area contributed by atoms with Gasteiger partial charge in [-0.3, -0.25) is 9.05 Å². The van der Waals surface area contributed by atoms with Crippen LogP contribution in [0.25, 0.3) is 0 Å². The first-order chi connectivity index (χ1) is 7.00. The van der Waals surface area contributed by atoms with Crippen LogP contribution in [0.1, 0.15) is 20.8 Å². The molecule has 0 rings (SSSR count). The molecule has 1 unspecified atom stereocenters. The Morgan fingerprint density at radius 3 is 2.20 bits per heavy atom. The quantitative estimate of drug-likeness (QED) is 0.624. The average molecular weight is 256 g/mol. The minimum Gasteiger partial charge on any atom is -0.297 e. The molecule has 0 bridgehead atoms. The molecule has 90 valence electrons. The first-order valence-corrected chi connectivity index (χ1v) is 6.85. The van der Waals surface area contributed by atoms with Gasteiger partial charge in [-0.25, -0.2) is 9.24 Å². The van der Waals surface area contributed by atoms with Crippen molar-refractivity contribution in [2.45, 2.75) is 20.8 Å². The second-order valence-corrected chi connectivity index (χ2v) is 5.37. The van der Waals surface area contributed by atoms with E-state index < -0.39 is 7.75 Å². The third-order valence-corrected chi connectivity index (χ3v) is 4.16. The zero-order valence-corrected chi connectivity index (χ0v) is 11.2. The van der Waals surface area contributed by atoms with Gasteiger partial charge in [0.15, 0.2) is 0 Å². The van der Waals surface area contributed by atoms with Gasteiger partial charge in [-0.1, -0.05) is 32.0 Å². The second-order valence-electron chi connectivity index (χ2n) is 2.82. The summed E-state index contributed by atoms with van der Waals surface area (Å²) in [5.74, 6) is 0. The van der Waals surface area contributed by atoms with E-state index in [1.807, 2.05) is 13.8 Å². The molecule has 0 saturated heterocycles.